The van der Waals surface area contributed by atoms with Crippen molar-refractivity contribution in [3.8, 4) is 17.2 Å². The molecule has 0 atom stereocenters. The number of benzene rings is 2. The first-order valence-corrected chi connectivity index (χ1v) is 8.73. The van der Waals surface area contributed by atoms with Crippen molar-refractivity contribution >= 4 is 29.9 Å². The van der Waals surface area contributed by atoms with Crippen LogP contribution < -0.4 is 25.3 Å². The predicted molar refractivity (Wildman–Crippen MR) is 120 cm³/mol. The monoisotopic (exact) mass is 503 g/mol. The Labute approximate surface area is 182 Å². The molecule has 0 bridgehead atoms. The van der Waals surface area contributed by atoms with Crippen LogP contribution in [0.1, 0.15) is 18.1 Å². The number of ether oxygens (including phenoxy) is 3. The van der Waals surface area contributed by atoms with Gasteiger partial charge in [-0.2, -0.15) is 0 Å². The summed E-state index contributed by atoms with van der Waals surface area (Å²) in [6.07, 6.45) is 0.744. The molecule has 0 heterocycles. The van der Waals surface area contributed by atoms with Gasteiger partial charge in [-0.25, -0.2) is 9.38 Å². The molecule has 0 aromatic heterocycles. The van der Waals surface area contributed by atoms with E-state index < -0.39 is 5.82 Å². The maximum atomic E-state index is 13.8. The van der Waals surface area contributed by atoms with Gasteiger partial charge in [0.25, 0.3) is 0 Å². The molecule has 2 aromatic rings. The minimum absolute atomic E-state index is 0. The second kappa shape index (κ2) is 12.3. The highest BCUT2D eigenvalue weighted by Gasteiger charge is 2.05. The van der Waals surface area contributed by atoms with Crippen molar-refractivity contribution in [2.45, 2.75) is 19.9 Å². The first-order chi connectivity index (χ1) is 13.1. The van der Waals surface area contributed by atoms with Gasteiger partial charge in [-0.05, 0) is 48.7 Å². The summed E-state index contributed by atoms with van der Waals surface area (Å²) in [4.78, 5) is 4.23. The molecule has 0 unspecified atom stereocenters. The zero-order valence-electron chi connectivity index (χ0n) is 16.3. The molecule has 0 saturated carbocycles. The van der Waals surface area contributed by atoms with Crippen LogP contribution in [0.4, 0.5) is 4.39 Å². The first-order valence-electron chi connectivity index (χ1n) is 8.73. The Hall–Kier alpha value is -2.23. The van der Waals surface area contributed by atoms with Crippen LogP contribution in [0.5, 0.6) is 17.2 Å². The van der Waals surface area contributed by atoms with Gasteiger partial charge in [0.15, 0.2) is 29.0 Å². The molecule has 0 aliphatic carbocycles. The Bertz CT molecular complexity index is 787. The van der Waals surface area contributed by atoms with E-state index in [-0.39, 0.29) is 29.7 Å². The normalized spacial score (nSPS) is 10.8. The van der Waals surface area contributed by atoms with E-state index in [0.717, 1.165) is 17.5 Å². The number of halogens is 2. The van der Waals surface area contributed by atoms with E-state index in [4.69, 9.17) is 19.9 Å². The first kappa shape index (κ1) is 23.8. The van der Waals surface area contributed by atoms with Crippen molar-refractivity contribution in [2.24, 2.45) is 10.7 Å². The predicted octanol–water partition coefficient (Wildman–Crippen LogP) is 3.51. The van der Waals surface area contributed by atoms with Crippen LogP contribution in [0.2, 0.25) is 0 Å². The third-order valence-corrected chi connectivity index (χ3v) is 3.90. The Morgan fingerprint density at radius 2 is 1.71 bits per heavy atom. The molecule has 0 saturated heterocycles. The number of rotatable bonds is 9. The molecule has 2 rings (SSSR count). The number of hydrogen-bond donors (Lipinski definition) is 2. The average Bonchev–Trinajstić information content (AvgIpc) is 2.68. The molecule has 0 amide bonds. The number of nitrogens with one attached hydrogen (secondary N) is 1. The van der Waals surface area contributed by atoms with Gasteiger partial charge in [0.05, 0.1) is 27.4 Å². The standard InChI is InChI=1S/C20H26FN3O3.HI/c1-4-27-17-7-6-15(11-16(17)21)13-24-20(22)23-10-9-14-5-8-18(25-2)19(12-14)26-3;/h5-8,11-12H,4,9-10,13H2,1-3H3,(H3,22,23,24);1H. The molecule has 0 aliphatic rings. The molecular formula is C20H27FIN3O3. The molecule has 0 radical (unpaired) electrons. The third-order valence-electron chi connectivity index (χ3n) is 3.90. The van der Waals surface area contributed by atoms with E-state index in [9.17, 15) is 4.39 Å². The molecule has 0 fully saturated rings. The summed E-state index contributed by atoms with van der Waals surface area (Å²) in [6, 6.07) is 10.5. The lowest BCUT2D eigenvalue weighted by Crippen LogP contribution is -2.33. The summed E-state index contributed by atoms with van der Waals surface area (Å²) in [5, 5.41) is 3.05. The fraction of sp³-hybridized carbons (Fsp3) is 0.350. The van der Waals surface area contributed by atoms with Gasteiger partial charge < -0.3 is 25.3 Å². The van der Waals surface area contributed by atoms with Gasteiger partial charge in [-0.3, -0.25) is 0 Å². The highest BCUT2D eigenvalue weighted by Crippen LogP contribution is 2.27. The highest BCUT2D eigenvalue weighted by molar-refractivity contribution is 14.0. The van der Waals surface area contributed by atoms with Crippen LogP contribution in [-0.4, -0.2) is 33.3 Å². The van der Waals surface area contributed by atoms with Gasteiger partial charge >= 0.3 is 0 Å². The van der Waals surface area contributed by atoms with E-state index in [1.165, 1.54) is 6.07 Å². The zero-order chi connectivity index (χ0) is 19.6. The van der Waals surface area contributed by atoms with Crippen molar-refractivity contribution in [2.75, 3.05) is 27.4 Å². The SMILES string of the molecule is CCOc1ccc(CN=C(N)NCCc2ccc(OC)c(OC)c2)cc1F.I. The minimum Gasteiger partial charge on any atom is -0.493 e. The lowest BCUT2D eigenvalue weighted by Gasteiger charge is -2.10. The molecule has 28 heavy (non-hydrogen) atoms. The van der Waals surface area contributed by atoms with Crippen LogP contribution in [0.15, 0.2) is 41.4 Å². The van der Waals surface area contributed by atoms with E-state index >= 15 is 0 Å². The number of nitrogens with zero attached hydrogens (tertiary/aromatic N) is 1. The van der Waals surface area contributed by atoms with Crippen molar-refractivity contribution in [1.82, 2.24) is 5.32 Å². The third kappa shape index (κ3) is 7.06. The Kier molecular flexibility index (Phi) is 10.4. The van der Waals surface area contributed by atoms with Gasteiger partial charge in [-0.15, -0.1) is 24.0 Å². The smallest absolute Gasteiger partial charge is 0.188 e. The number of guanidine groups is 1. The van der Waals surface area contributed by atoms with Crippen LogP contribution >= 0.6 is 24.0 Å². The van der Waals surface area contributed by atoms with Gasteiger partial charge in [-0.1, -0.05) is 12.1 Å². The largest absolute Gasteiger partial charge is 0.493 e. The summed E-state index contributed by atoms with van der Waals surface area (Å²) < 4.78 is 29.5. The van der Waals surface area contributed by atoms with Gasteiger partial charge in [0.2, 0.25) is 0 Å². The topological polar surface area (TPSA) is 78.1 Å². The van der Waals surface area contributed by atoms with E-state index in [0.29, 0.717) is 37.2 Å². The quantitative estimate of drug-likeness (QED) is 0.311. The molecule has 2 aromatic carbocycles. The lowest BCUT2D eigenvalue weighted by molar-refractivity contribution is 0.321. The fourth-order valence-electron chi connectivity index (χ4n) is 2.52. The number of hydrogen-bond acceptors (Lipinski definition) is 4. The van der Waals surface area contributed by atoms with Crippen LogP contribution in [-0.2, 0) is 13.0 Å². The van der Waals surface area contributed by atoms with Crippen LogP contribution in [0, 0.1) is 5.82 Å². The lowest BCUT2D eigenvalue weighted by atomic mass is 10.1. The Morgan fingerprint density at radius 3 is 2.36 bits per heavy atom. The fourth-order valence-corrected chi connectivity index (χ4v) is 2.52. The summed E-state index contributed by atoms with van der Waals surface area (Å²) in [7, 11) is 3.21. The Morgan fingerprint density at radius 1 is 1.04 bits per heavy atom. The molecule has 154 valence electrons. The molecule has 0 aliphatic heterocycles. The molecule has 0 spiro atoms. The van der Waals surface area contributed by atoms with Crippen molar-refractivity contribution in [3.05, 3.63) is 53.3 Å². The molecular weight excluding hydrogens is 476 g/mol. The minimum atomic E-state index is -0.399. The van der Waals surface area contributed by atoms with E-state index in [1.807, 2.05) is 25.1 Å². The summed E-state index contributed by atoms with van der Waals surface area (Å²) in [5.74, 6) is 1.53. The maximum absolute atomic E-state index is 13.8. The van der Waals surface area contributed by atoms with Crippen molar-refractivity contribution < 1.29 is 18.6 Å². The van der Waals surface area contributed by atoms with E-state index in [1.54, 1.807) is 26.4 Å². The number of aliphatic imine (C=N–C) groups is 1. The molecule has 6 nitrogen and oxygen atoms in total. The average molecular weight is 503 g/mol. The van der Waals surface area contributed by atoms with Crippen LogP contribution in [0.25, 0.3) is 0 Å². The maximum Gasteiger partial charge on any atom is 0.188 e. The zero-order valence-corrected chi connectivity index (χ0v) is 18.7. The molecule has 3 N–H and O–H groups in total. The summed E-state index contributed by atoms with van der Waals surface area (Å²) >= 11 is 0. The number of methoxy groups -OCH3 is 2. The Balaban J connectivity index is 0.00000392. The summed E-state index contributed by atoms with van der Waals surface area (Å²) in [5.41, 5.74) is 7.69. The second-order valence-corrected chi connectivity index (χ2v) is 5.77. The number of nitrogens with two attached hydrogens (primary N) is 1. The van der Waals surface area contributed by atoms with Gasteiger partial charge in [0, 0.05) is 6.54 Å². The second-order valence-electron chi connectivity index (χ2n) is 5.77. The van der Waals surface area contributed by atoms with Crippen molar-refractivity contribution in [3.63, 3.8) is 0 Å². The van der Waals surface area contributed by atoms with Crippen molar-refractivity contribution in [1.29, 1.82) is 0 Å². The van der Waals surface area contributed by atoms with Crippen LogP contribution in [0.3, 0.4) is 0 Å². The highest BCUT2D eigenvalue weighted by atomic mass is 127. The molecule has 8 heteroatoms. The summed E-state index contributed by atoms with van der Waals surface area (Å²) in [6.45, 7) is 3.14. The van der Waals surface area contributed by atoms with Gasteiger partial charge in [0.1, 0.15) is 0 Å². The van der Waals surface area contributed by atoms with E-state index in [2.05, 4.69) is 10.3 Å².